The van der Waals surface area contributed by atoms with E-state index in [0.717, 1.165) is 34.0 Å². The van der Waals surface area contributed by atoms with Crippen molar-refractivity contribution in [3.63, 3.8) is 0 Å². The normalized spacial score (nSPS) is 15.8. The smallest absolute Gasteiger partial charge is 0.244 e. The van der Waals surface area contributed by atoms with E-state index in [9.17, 15) is 9.90 Å². The Morgan fingerprint density at radius 3 is 2.34 bits per heavy atom. The number of aliphatic hydroxyl groups is 1. The first kappa shape index (κ1) is 22.7. The molecule has 1 saturated heterocycles. The molecule has 1 aliphatic rings. The number of β-amino-alcohol motifs (C(OH)–C–C–N with tert-alkyl or cyclic N) is 1. The number of nitrogens with zero attached hydrogens (tertiary/aromatic N) is 4. The SMILES string of the molecule is COc1cccc(N2CCN(C(=O)Cn3nc(-c4ccccc4)cc3-c3ccccc3)CC2O)c1. The lowest BCUT2D eigenvalue weighted by atomic mass is 10.1. The first-order valence-electron chi connectivity index (χ1n) is 11.7. The van der Waals surface area contributed by atoms with Gasteiger partial charge in [0.1, 0.15) is 18.5 Å². The molecule has 1 atom stereocenters. The van der Waals surface area contributed by atoms with Crippen LogP contribution in [0.4, 0.5) is 5.69 Å². The highest BCUT2D eigenvalue weighted by molar-refractivity contribution is 5.78. The summed E-state index contributed by atoms with van der Waals surface area (Å²) in [6.07, 6.45) is -0.800. The Labute approximate surface area is 204 Å². The van der Waals surface area contributed by atoms with E-state index in [-0.39, 0.29) is 19.0 Å². The van der Waals surface area contributed by atoms with Gasteiger partial charge in [-0.2, -0.15) is 5.10 Å². The number of hydrogen-bond donors (Lipinski definition) is 1. The molecular formula is C28H28N4O3. The van der Waals surface area contributed by atoms with Crippen molar-refractivity contribution < 1.29 is 14.6 Å². The Morgan fingerprint density at radius 1 is 0.943 bits per heavy atom. The van der Waals surface area contributed by atoms with Crippen LogP contribution in [0.1, 0.15) is 0 Å². The zero-order chi connectivity index (χ0) is 24.2. The molecule has 1 fully saturated rings. The minimum absolute atomic E-state index is 0.0748. The van der Waals surface area contributed by atoms with Gasteiger partial charge in [-0.15, -0.1) is 0 Å². The fourth-order valence-corrected chi connectivity index (χ4v) is 4.44. The maximum absolute atomic E-state index is 13.3. The van der Waals surface area contributed by atoms with Gasteiger partial charge < -0.3 is 19.6 Å². The van der Waals surface area contributed by atoms with Crippen molar-refractivity contribution in [3.05, 3.63) is 91.0 Å². The van der Waals surface area contributed by atoms with Gasteiger partial charge in [-0.05, 0) is 23.8 Å². The summed E-state index contributed by atoms with van der Waals surface area (Å²) in [7, 11) is 1.62. The van der Waals surface area contributed by atoms with Gasteiger partial charge in [0.25, 0.3) is 0 Å². The second kappa shape index (κ2) is 10.0. The van der Waals surface area contributed by atoms with E-state index in [1.165, 1.54) is 0 Å². The zero-order valence-electron chi connectivity index (χ0n) is 19.6. The summed E-state index contributed by atoms with van der Waals surface area (Å²) in [5.74, 6) is 0.656. The molecule has 0 saturated carbocycles. The lowest BCUT2D eigenvalue weighted by Gasteiger charge is -2.40. The molecule has 1 amide bonds. The van der Waals surface area contributed by atoms with Gasteiger partial charge in [0, 0.05) is 30.4 Å². The van der Waals surface area contributed by atoms with Crippen molar-refractivity contribution in [1.82, 2.24) is 14.7 Å². The third kappa shape index (κ3) is 4.90. The molecular weight excluding hydrogens is 440 g/mol. The number of benzene rings is 3. The summed E-state index contributed by atoms with van der Waals surface area (Å²) in [5.41, 5.74) is 4.57. The summed E-state index contributed by atoms with van der Waals surface area (Å²) >= 11 is 0. The summed E-state index contributed by atoms with van der Waals surface area (Å²) in [4.78, 5) is 16.9. The van der Waals surface area contributed by atoms with Gasteiger partial charge in [0.2, 0.25) is 5.91 Å². The van der Waals surface area contributed by atoms with Crippen LogP contribution in [0.2, 0.25) is 0 Å². The van der Waals surface area contributed by atoms with Gasteiger partial charge in [-0.3, -0.25) is 9.48 Å². The van der Waals surface area contributed by atoms with Crippen LogP contribution in [0, 0.1) is 0 Å². The Kier molecular flexibility index (Phi) is 6.50. The monoisotopic (exact) mass is 468 g/mol. The van der Waals surface area contributed by atoms with Crippen molar-refractivity contribution in [2.24, 2.45) is 0 Å². The van der Waals surface area contributed by atoms with Gasteiger partial charge >= 0.3 is 0 Å². The standard InChI is InChI=1S/C28H28N4O3/c1-35-24-14-8-13-23(17-24)31-16-15-30(19-28(31)34)27(33)20-32-26(22-11-6-3-7-12-22)18-25(29-32)21-9-4-2-5-10-21/h2-14,17-18,28,34H,15-16,19-20H2,1H3. The third-order valence-corrected chi connectivity index (χ3v) is 6.30. The van der Waals surface area contributed by atoms with Crippen molar-refractivity contribution in [1.29, 1.82) is 0 Å². The number of piperazine rings is 1. The van der Waals surface area contributed by atoms with Crippen LogP contribution in [0.15, 0.2) is 91.0 Å². The molecule has 7 nitrogen and oxygen atoms in total. The number of ether oxygens (including phenoxy) is 1. The highest BCUT2D eigenvalue weighted by Gasteiger charge is 2.29. The van der Waals surface area contributed by atoms with Gasteiger partial charge in [0.15, 0.2) is 0 Å². The maximum Gasteiger partial charge on any atom is 0.244 e. The van der Waals surface area contributed by atoms with E-state index in [2.05, 4.69) is 0 Å². The van der Waals surface area contributed by atoms with Crippen molar-refractivity contribution >= 4 is 11.6 Å². The minimum atomic E-state index is -0.800. The fourth-order valence-electron chi connectivity index (χ4n) is 4.44. The predicted octanol–water partition coefficient (Wildman–Crippen LogP) is 3.89. The topological polar surface area (TPSA) is 70.8 Å². The van der Waals surface area contributed by atoms with Crippen LogP contribution in [-0.2, 0) is 11.3 Å². The lowest BCUT2D eigenvalue weighted by Crippen LogP contribution is -2.55. The van der Waals surface area contributed by atoms with Crippen LogP contribution in [-0.4, -0.2) is 58.7 Å². The van der Waals surface area contributed by atoms with Crippen LogP contribution in [0.5, 0.6) is 5.75 Å². The number of carbonyl (C=O) groups excluding carboxylic acids is 1. The summed E-state index contributed by atoms with van der Waals surface area (Å²) in [6.45, 7) is 1.37. The summed E-state index contributed by atoms with van der Waals surface area (Å²) < 4.78 is 7.07. The number of amides is 1. The third-order valence-electron chi connectivity index (χ3n) is 6.30. The molecule has 178 valence electrons. The van der Waals surface area contributed by atoms with E-state index in [4.69, 9.17) is 9.84 Å². The molecule has 7 heteroatoms. The number of anilines is 1. The van der Waals surface area contributed by atoms with Crippen molar-refractivity contribution in [3.8, 4) is 28.3 Å². The van der Waals surface area contributed by atoms with Gasteiger partial charge in [0.05, 0.1) is 25.0 Å². The fraction of sp³-hybridized carbons (Fsp3) is 0.214. The molecule has 3 aromatic carbocycles. The van der Waals surface area contributed by atoms with Crippen LogP contribution < -0.4 is 9.64 Å². The van der Waals surface area contributed by atoms with E-state index in [1.807, 2.05) is 95.9 Å². The van der Waals surface area contributed by atoms with Gasteiger partial charge in [-0.25, -0.2) is 0 Å². The van der Waals surface area contributed by atoms with E-state index in [0.29, 0.717) is 13.1 Å². The second-order valence-corrected chi connectivity index (χ2v) is 8.52. The Balaban J connectivity index is 1.34. The second-order valence-electron chi connectivity index (χ2n) is 8.52. The number of hydrogen-bond acceptors (Lipinski definition) is 5. The average Bonchev–Trinajstić information content (AvgIpc) is 3.33. The molecule has 1 N–H and O–H groups in total. The molecule has 1 aromatic heterocycles. The maximum atomic E-state index is 13.3. The molecule has 0 bridgehead atoms. The largest absolute Gasteiger partial charge is 0.497 e. The number of rotatable bonds is 6. The molecule has 0 spiro atoms. The molecule has 35 heavy (non-hydrogen) atoms. The van der Waals surface area contributed by atoms with Crippen LogP contribution in [0.25, 0.3) is 22.5 Å². The van der Waals surface area contributed by atoms with E-state index >= 15 is 0 Å². The van der Waals surface area contributed by atoms with E-state index < -0.39 is 6.23 Å². The molecule has 5 rings (SSSR count). The molecule has 0 aliphatic carbocycles. The molecule has 1 aliphatic heterocycles. The Hall–Kier alpha value is -4.10. The molecule has 0 radical (unpaired) electrons. The number of carbonyl (C=O) groups is 1. The summed E-state index contributed by atoms with van der Waals surface area (Å²) in [6, 6.07) is 29.5. The summed E-state index contributed by atoms with van der Waals surface area (Å²) in [5, 5.41) is 15.6. The zero-order valence-corrected chi connectivity index (χ0v) is 19.6. The number of aliphatic hydroxyl groups excluding tert-OH is 1. The highest BCUT2D eigenvalue weighted by Crippen LogP contribution is 2.27. The Morgan fingerprint density at radius 2 is 1.66 bits per heavy atom. The van der Waals surface area contributed by atoms with Crippen molar-refractivity contribution in [2.75, 3.05) is 31.6 Å². The highest BCUT2D eigenvalue weighted by atomic mass is 16.5. The molecule has 1 unspecified atom stereocenters. The first-order valence-corrected chi connectivity index (χ1v) is 11.7. The van der Waals surface area contributed by atoms with Crippen molar-refractivity contribution in [2.45, 2.75) is 12.8 Å². The Bertz CT molecular complexity index is 1290. The van der Waals surface area contributed by atoms with Gasteiger partial charge in [-0.1, -0.05) is 66.7 Å². The molecule has 4 aromatic rings. The molecule has 2 heterocycles. The van der Waals surface area contributed by atoms with Crippen LogP contribution >= 0.6 is 0 Å². The average molecular weight is 469 g/mol. The predicted molar refractivity (Wildman–Crippen MR) is 136 cm³/mol. The first-order chi connectivity index (χ1) is 17.1. The number of methoxy groups -OCH3 is 1. The van der Waals surface area contributed by atoms with Crippen LogP contribution in [0.3, 0.4) is 0 Å². The minimum Gasteiger partial charge on any atom is -0.497 e. The van der Waals surface area contributed by atoms with E-state index in [1.54, 1.807) is 16.7 Å². The number of aromatic nitrogens is 2. The quantitative estimate of drug-likeness (QED) is 0.465. The lowest BCUT2D eigenvalue weighted by molar-refractivity contribution is -0.134.